The Morgan fingerprint density at radius 3 is 2.35 bits per heavy atom. The summed E-state index contributed by atoms with van der Waals surface area (Å²) in [5.41, 5.74) is 5.52. The Bertz CT molecular complexity index is 261. The Balaban J connectivity index is 2.53. The van der Waals surface area contributed by atoms with E-state index in [4.69, 9.17) is 5.73 Å². The minimum absolute atomic E-state index is 0.185. The number of piperidine rings is 1. The van der Waals surface area contributed by atoms with Crippen LogP contribution in [0.1, 0.15) is 33.1 Å². The molecule has 0 atom stereocenters. The highest BCUT2D eigenvalue weighted by Crippen LogP contribution is 2.28. The first kappa shape index (κ1) is 14.4. The number of nitrogens with zero attached hydrogens (tertiary/aromatic N) is 1. The van der Waals surface area contributed by atoms with Crippen molar-refractivity contribution in [2.24, 2.45) is 17.6 Å². The van der Waals surface area contributed by atoms with E-state index in [0.717, 1.165) is 12.8 Å². The number of halogens is 2. The van der Waals surface area contributed by atoms with Gasteiger partial charge in [-0.05, 0) is 31.2 Å². The van der Waals surface area contributed by atoms with Gasteiger partial charge in [0.25, 0.3) is 5.91 Å². The van der Waals surface area contributed by atoms with E-state index in [0.29, 0.717) is 25.6 Å². The molecule has 2 N–H and O–H groups in total. The average Bonchev–Trinajstić information content (AvgIpc) is 2.26. The summed E-state index contributed by atoms with van der Waals surface area (Å²) in [6, 6.07) is 0. The molecule has 100 valence electrons. The number of likely N-dealkylation sites (tertiary alicyclic amines) is 1. The molecule has 17 heavy (non-hydrogen) atoms. The summed E-state index contributed by atoms with van der Waals surface area (Å²) in [6.07, 6.45) is 1.10. The average molecular weight is 248 g/mol. The van der Waals surface area contributed by atoms with E-state index < -0.39 is 11.8 Å². The second kappa shape index (κ2) is 5.76. The van der Waals surface area contributed by atoms with E-state index in [1.165, 1.54) is 4.90 Å². The van der Waals surface area contributed by atoms with Crippen molar-refractivity contribution in [2.75, 3.05) is 19.6 Å². The Kier molecular flexibility index (Phi) is 4.86. The van der Waals surface area contributed by atoms with Gasteiger partial charge in [-0.3, -0.25) is 4.79 Å². The highest BCUT2D eigenvalue weighted by Gasteiger charge is 2.42. The molecule has 1 fully saturated rings. The van der Waals surface area contributed by atoms with Crippen LogP contribution in [-0.2, 0) is 4.79 Å². The quantitative estimate of drug-likeness (QED) is 0.825. The van der Waals surface area contributed by atoms with E-state index in [1.807, 2.05) is 0 Å². The van der Waals surface area contributed by atoms with Gasteiger partial charge in [0.05, 0.1) is 0 Å². The van der Waals surface area contributed by atoms with Gasteiger partial charge < -0.3 is 10.6 Å². The van der Waals surface area contributed by atoms with Crippen LogP contribution in [-0.4, -0.2) is 36.4 Å². The second-order valence-corrected chi connectivity index (χ2v) is 5.27. The van der Waals surface area contributed by atoms with Gasteiger partial charge in [0.2, 0.25) is 0 Å². The summed E-state index contributed by atoms with van der Waals surface area (Å²) in [6.45, 7) is 4.79. The highest BCUT2D eigenvalue weighted by atomic mass is 19.3. The zero-order chi connectivity index (χ0) is 13.1. The van der Waals surface area contributed by atoms with Gasteiger partial charge in [0.15, 0.2) is 0 Å². The molecule has 1 amide bonds. The monoisotopic (exact) mass is 248 g/mol. The number of hydrogen-bond donors (Lipinski definition) is 1. The Hall–Kier alpha value is -0.710. The number of nitrogens with two attached hydrogens (primary N) is 1. The van der Waals surface area contributed by atoms with Gasteiger partial charge in [-0.15, -0.1) is 0 Å². The fraction of sp³-hybridized carbons (Fsp3) is 0.917. The van der Waals surface area contributed by atoms with Crippen LogP contribution in [0.4, 0.5) is 8.78 Å². The molecule has 5 heteroatoms. The predicted molar refractivity (Wildman–Crippen MR) is 62.8 cm³/mol. The van der Waals surface area contributed by atoms with Crippen molar-refractivity contribution in [2.45, 2.75) is 39.0 Å². The van der Waals surface area contributed by atoms with Crippen LogP contribution in [0.5, 0.6) is 0 Å². The summed E-state index contributed by atoms with van der Waals surface area (Å²) in [5.74, 6) is -4.04. The maximum absolute atomic E-state index is 13.6. The van der Waals surface area contributed by atoms with Gasteiger partial charge in [-0.1, -0.05) is 13.8 Å². The van der Waals surface area contributed by atoms with Crippen molar-refractivity contribution < 1.29 is 13.6 Å². The van der Waals surface area contributed by atoms with Crippen LogP contribution in [0.25, 0.3) is 0 Å². The number of rotatable bonds is 4. The molecule has 1 aliphatic heterocycles. The lowest BCUT2D eigenvalue weighted by Gasteiger charge is -2.33. The Morgan fingerprint density at radius 1 is 1.41 bits per heavy atom. The molecule has 0 aromatic carbocycles. The van der Waals surface area contributed by atoms with Crippen LogP contribution in [0, 0.1) is 11.8 Å². The number of hydrogen-bond acceptors (Lipinski definition) is 2. The van der Waals surface area contributed by atoms with Crippen LogP contribution < -0.4 is 5.73 Å². The highest BCUT2D eigenvalue weighted by molar-refractivity contribution is 5.83. The normalized spacial score (nSPS) is 18.8. The summed E-state index contributed by atoms with van der Waals surface area (Å²) < 4.78 is 27.2. The first-order valence-corrected chi connectivity index (χ1v) is 6.24. The molecule has 1 saturated heterocycles. The largest absolute Gasteiger partial charge is 0.337 e. The lowest BCUT2D eigenvalue weighted by molar-refractivity contribution is -0.161. The molecule has 0 aliphatic carbocycles. The molecule has 0 unspecified atom stereocenters. The van der Waals surface area contributed by atoms with E-state index >= 15 is 0 Å². The summed E-state index contributed by atoms with van der Waals surface area (Å²) in [7, 11) is 0. The van der Waals surface area contributed by atoms with E-state index in [2.05, 4.69) is 0 Å². The minimum Gasteiger partial charge on any atom is -0.337 e. The van der Waals surface area contributed by atoms with Crippen LogP contribution in [0.3, 0.4) is 0 Å². The van der Waals surface area contributed by atoms with Crippen LogP contribution in [0.2, 0.25) is 0 Å². The SMILES string of the molecule is CC(C)CC(F)(F)C(=O)N1CCC(CN)CC1. The first-order valence-electron chi connectivity index (χ1n) is 6.24. The third kappa shape index (κ3) is 3.91. The van der Waals surface area contributed by atoms with Crippen molar-refractivity contribution in [3.63, 3.8) is 0 Å². The zero-order valence-corrected chi connectivity index (χ0v) is 10.6. The fourth-order valence-electron chi connectivity index (χ4n) is 2.20. The topological polar surface area (TPSA) is 46.3 Å². The third-order valence-electron chi connectivity index (χ3n) is 3.21. The smallest absolute Gasteiger partial charge is 0.325 e. The lowest BCUT2D eigenvalue weighted by Crippen LogP contribution is -2.48. The molecule has 1 rings (SSSR count). The molecule has 1 aliphatic rings. The maximum atomic E-state index is 13.6. The maximum Gasteiger partial charge on any atom is 0.325 e. The van der Waals surface area contributed by atoms with Crippen molar-refractivity contribution in [1.82, 2.24) is 4.90 Å². The molecule has 0 spiro atoms. The third-order valence-corrected chi connectivity index (χ3v) is 3.21. The Morgan fingerprint density at radius 2 is 1.94 bits per heavy atom. The van der Waals surface area contributed by atoms with Crippen molar-refractivity contribution in [1.29, 1.82) is 0 Å². The van der Waals surface area contributed by atoms with Gasteiger partial charge in [0, 0.05) is 19.5 Å². The van der Waals surface area contributed by atoms with Gasteiger partial charge in [-0.25, -0.2) is 0 Å². The van der Waals surface area contributed by atoms with Crippen LogP contribution >= 0.6 is 0 Å². The lowest BCUT2D eigenvalue weighted by atomic mass is 9.96. The van der Waals surface area contributed by atoms with Gasteiger partial charge in [-0.2, -0.15) is 8.78 Å². The number of carbonyl (C=O) groups excluding carboxylic acids is 1. The molecule has 1 heterocycles. The van der Waals surface area contributed by atoms with E-state index in [-0.39, 0.29) is 12.3 Å². The van der Waals surface area contributed by atoms with Gasteiger partial charge in [0.1, 0.15) is 0 Å². The molecule has 0 saturated carbocycles. The molecule has 0 bridgehead atoms. The van der Waals surface area contributed by atoms with Crippen LogP contribution in [0.15, 0.2) is 0 Å². The summed E-state index contributed by atoms with van der Waals surface area (Å²) in [5, 5.41) is 0. The second-order valence-electron chi connectivity index (χ2n) is 5.27. The van der Waals surface area contributed by atoms with Gasteiger partial charge >= 0.3 is 5.92 Å². The molecule has 0 radical (unpaired) electrons. The molecule has 0 aromatic rings. The molecular weight excluding hydrogens is 226 g/mol. The number of amides is 1. The van der Waals surface area contributed by atoms with Crippen molar-refractivity contribution in [3.05, 3.63) is 0 Å². The van der Waals surface area contributed by atoms with Crippen molar-refractivity contribution in [3.8, 4) is 0 Å². The van der Waals surface area contributed by atoms with E-state index in [9.17, 15) is 13.6 Å². The Labute approximate surface area is 101 Å². The number of carbonyl (C=O) groups is 1. The summed E-state index contributed by atoms with van der Waals surface area (Å²) in [4.78, 5) is 13.0. The van der Waals surface area contributed by atoms with Crippen molar-refractivity contribution >= 4 is 5.91 Å². The first-order chi connectivity index (χ1) is 7.86. The molecular formula is C12H22F2N2O. The standard InChI is InChI=1S/C12H22F2N2O/c1-9(2)7-12(13,14)11(17)16-5-3-10(8-15)4-6-16/h9-10H,3-8,15H2,1-2H3. The van der Waals surface area contributed by atoms with E-state index in [1.54, 1.807) is 13.8 Å². The minimum atomic E-state index is -3.22. The fourth-order valence-corrected chi connectivity index (χ4v) is 2.20. The number of alkyl halides is 2. The predicted octanol–water partition coefficient (Wildman–Crippen LogP) is 1.87. The molecule has 3 nitrogen and oxygen atoms in total. The molecule has 0 aromatic heterocycles. The zero-order valence-electron chi connectivity index (χ0n) is 10.6. The summed E-state index contributed by atoms with van der Waals surface area (Å²) >= 11 is 0.